The van der Waals surface area contributed by atoms with E-state index in [-0.39, 0.29) is 5.91 Å². The number of carbonyl (C=O) groups excluding carboxylic acids is 1. The molecule has 2 aromatic carbocycles. The van der Waals surface area contributed by atoms with Crippen LogP contribution in [0.25, 0.3) is 11.4 Å². The van der Waals surface area contributed by atoms with Crippen LogP contribution in [0.3, 0.4) is 0 Å². The maximum absolute atomic E-state index is 12.9. The van der Waals surface area contributed by atoms with E-state index in [1.807, 2.05) is 30.3 Å². The first-order valence-corrected chi connectivity index (χ1v) is 11.8. The Morgan fingerprint density at radius 3 is 2.29 bits per heavy atom. The summed E-state index contributed by atoms with van der Waals surface area (Å²) in [6.45, 7) is 9.13. The van der Waals surface area contributed by atoms with Gasteiger partial charge in [0, 0.05) is 36.6 Å². The molecule has 0 aliphatic heterocycles. The standard InChI is InChI=1S/C24H29N5OS/c1-4-28(5-2)20-14-12-18(13-15-20)21-26-27-23(29(21)6-3)31-24(16-17-24)22(30)25-19-10-8-7-9-11-19/h7-15H,4-6,16-17H2,1-3H3,(H,25,30). The van der Waals surface area contributed by atoms with Gasteiger partial charge in [-0.05, 0) is 70.0 Å². The molecule has 0 bridgehead atoms. The fraction of sp³-hybridized carbons (Fsp3) is 0.375. The van der Waals surface area contributed by atoms with Gasteiger partial charge in [-0.1, -0.05) is 30.0 Å². The number of nitrogens with one attached hydrogen (secondary N) is 1. The number of amides is 1. The van der Waals surface area contributed by atoms with E-state index in [9.17, 15) is 4.79 Å². The number of hydrogen-bond donors (Lipinski definition) is 1. The number of rotatable bonds is 9. The second-order valence-corrected chi connectivity index (χ2v) is 9.04. The summed E-state index contributed by atoms with van der Waals surface area (Å²) in [7, 11) is 0. The average molecular weight is 436 g/mol. The average Bonchev–Trinajstić information content (AvgIpc) is 3.48. The topological polar surface area (TPSA) is 63.1 Å². The largest absolute Gasteiger partial charge is 0.372 e. The minimum Gasteiger partial charge on any atom is -0.372 e. The Morgan fingerprint density at radius 1 is 1.03 bits per heavy atom. The summed E-state index contributed by atoms with van der Waals surface area (Å²) in [6, 6.07) is 18.1. The Hall–Kier alpha value is -2.80. The van der Waals surface area contributed by atoms with E-state index in [4.69, 9.17) is 0 Å². The van der Waals surface area contributed by atoms with Crippen molar-refractivity contribution in [1.82, 2.24) is 14.8 Å². The van der Waals surface area contributed by atoms with Crippen LogP contribution in [0.5, 0.6) is 0 Å². The summed E-state index contributed by atoms with van der Waals surface area (Å²) < 4.78 is 1.65. The minimum absolute atomic E-state index is 0.0412. The van der Waals surface area contributed by atoms with E-state index in [1.165, 1.54) is 17.4 Å². The quantitative estimate of drug-likeness (QED) is 0.508. The van der Waals surface area contributed by atoms with Crippen LogP contribution in [0.2, 0.25) is 0 Å². The lowest BCUT2D eigenvalue weighted by molar-refractivity contribution is -0.116. The highest BCUT2D eigenvalue weighted by atomic mass is 32.2. The smallest absolute Gasteiger partial charge is 0.241 e. The van der Waals surface area contributed by atoms with E-state index in [1.54, 1.807) is 0 Å². The van der Waals surface area contributed by atoms with Crippen LogP contribution in [0, 0.1) is 0 Å². The van der Waals surface area contributed by atoms with Gasteiger partial charge in [-0.15, -0.1) is 10.2 Å². The highest BCUT2D eigenvalue weighted by Gasteiger charge is 2.52. The van der Waals surface area contributed by atoms with Gasteiger partial charge in [0.15, 0.2) is 11.0 Å². The molecule has 162 valence electrons. The molecule has 7 heteroatoms. The number of carbonyl (C=O) groups is 1. The molecule has 0 unspecified atom stereocenters. The molecule has 0 spiro atoms. The van der Waals surface area contributed by atoms with Crippen LogP contribution in [0.15, 0.2) is 59.8 Å². The predicted octanol–water partition coefficient (Wildman–Crippen LogP) is 5.07. The molecule has 1 aliphatic rings. The number of hydrogen-bond acceptors (Lipinski definition) is 5. The highest BCUT2D eigenvalue weighted by Crippen LogP contribution is 2.52. The number of aromatic nitrogens is 3. The lowest BCUT2D eigenvalue weighted by Gasteiger charge is -2.21. The molecule has 31 heavy (non-hydrogen) atoms. The SMILES string of the molecule is CCN(CC)c1ccc(-c2nnc(SC3(C(=O)Nc4ccccc4)CC3)n2CC)cc1. The normalized spacial score (nSPS) is 14.3. The van der Waals surface area contributed by atoms with Crippen molar-refractivity contribution in [3.8, 4) is 11.4 Å². The van der Waals surface area contributed by atoms with Gasteiger partial charge in [0.1, 0.15) is 4.75 Å². The van der Waals surface area contributed by atoms with Crippen molar-refractivity contribution in [3.63, 3.8) is 0 Å². The molecule has 4 rings (SSSR count). The molecule has 6 nitrogen and oxygen atoms in total. The number of nitrogens with zero attached hydrogens (tertiary/aromatic N) is 4. The van der Waals surface area contributed by atoms with Gasteiger partial charge in [-0.25, -0.2) is 0 Å². The predicted molar refractivity (Wildman–Crippen MR) is 128 cm³/mol. The zero-order valence-electron chi connectivity index (χ0n) is 18.3. The Bertz CT molecular complexity index is 1020. The van der Waals surface area contributed by atoms with Gasteiger partial charge < -0.3 is 14.8 Å². The third kappa shape index (κ3) is 4.46. The van der Waals surface area contributed by atoms with Crippen molar-refractivity contribution in [1.29, 1.82) is 0 Å². The molecule has 1 heterocycles. The van der Waals surface area contributed by atoms with E-state index in [0.717, 1.165) is 54.7 Å². The van der Waals surface area contributed by atoms with Crippen molar-refractivity contribution in [2.24, 2.45) is 0 Å². The van der Waals surface area contributed by atoms with E-state index >= 15 is 0 Å². The first-order valence-electron chi connectivity index (χ1n) is 10.9. The van der Waals surface area contributed by atoms with Crippen LogP contribution in [-0.2, 0) is 11.3 Å². The van der Waals surface area contributed by atoms with Crippen molar-refractivity contribution in [3.05, 3.63) is 54.6 Å². The van der Waals surface area contributed by atoms with Gasteiger partial charge in [0.2, 0.25) is 5.91 Å². The van der Waals surface area contributed by atoms with E-state index < -0.39 is 4.75 Å². The van der Waals surface area contributed by atoms with Gasteiger partial charge in [0.25, 0.3) is 0 Å². The summed E-state index contributed by atoms with van der Waals surface area (Å²) in [5.41, 5.74) is 3.07. The van der Waals surface area contributed by atoms with E-state index in [2.05, 4.69) is 70.0 Å². The zero-order chi connectivity index (χ0) is 21.8. The molecule has 1 aromatic heterocycles. The molecular weight excluding hydrogens is 406 g/mol. The zero-order valence-corrected chi connectivity index (χ0v) is 19.2. The molecule has 1 amide bonds. The number of para-hydroxylation sites is 1. The Kier molecular flexibility index (Phi) is 6.32. The maximum atomic E-state index is 12.9. The molecular formula is C24H29N5OS. The lowest BCUT2D eigenvalue weighted by Crippen LogP contribution is -2.27. The van der Waals surface area contributed by atoms with Gasteiger partial charge >= 0.3 is 0 Å². The molecule has 1 saturated carbocycles. The second-order valence-electron chi connectivity index (χ2n) is 7.69. The van der Waals surface area contributed by atoms with Crippen molar-refractivity contribution < 1.29 is 4.79 Å². The van der Waals surface area contributed by atoms with Crippen LogP contribution < -0.4 is 10.2 Å². The summed E-state index contributed by atoms with van der Waals surface area (Å²) >= 11 is 1.54. The van der Waals surface area contributed by atoms with Crippen LogP contribution in [0.4, 0.5) is 11.4 Å². The van der Waals surface area contributed by atoms with Gasteiger partial charge in [-0.2, -0.15) is 0 Å². The highest BCUT2D eigenvalue weighted by molar-refractivity contribution is 8.01. The molecule has 0 radical (unpaired) electrons. The maximum Gasteiger partial charge on any atom is 0.241 e. The lowest BCUT2D eigenvalue weighted by atomic mass is 10.2. The third-order valence-electron chi connectivity index (χ3n) is 5.72. The van der Waals surface area contributed by atoms with E-state index in [0.29, 0.717) is 0 Å². The molecule has 1 N–H and O–H groups in total. The molecule has 1 aliphatic carbocycles. The first-order chi connectivity index (χ1) is 15.1. The Morgan fingerprint density at radius 2 is 1.71 bits per heavy atom. The summed E-state index contributed by atoms with van der Waals surface area (Å²) in [4.78, 5) is 15.3. The first kappa shape index (κ1) is 21.4. The summed E-state index contributed by atoms with van der Waals surface area (Å²) in [6.07, 6.45) is 1.70. The Balaban J connectivity index is 1.53. The fourth-order valence-electron chi connectivity index (χ4n) is 3.70. The third-order valence-corrected chi connectivity index (χ3v) is 7.19. The van der Waals surface area contributed by atoms with Gasteiger partial charge in [0.05, 0.1) is 0 Å². The molecule has 0 atom stereocenters. The monoisotopic (exact) mass is 435 g/mol. The minimum atomic E-state index is -0.459. The number of thioether (sulfide) groups is 1. The molecule has 3 aromatic rings. The fourth-order valence-corrected chi connectivity index (χ4v) is 4.91. The van der Waals surface area contributed by atoms with Crippen molar-refractivity contribution >= 4 is 29.0 Å². The number of anilines is 2. The molecule has 1 fully saturated rings. The van der Waals surface area contributed by atoms with Crippen LogP contribution >= 0.6 is 11.8 Å². The van der Waals surface area contributed by atoms with Crippen molar-refractivity contribution in [2.45, 2.75) is 50.1 Å². The molecule has 0 saturated heterocycles. The van der Waals surface area contributed by atoms with Crippen LogP contribution in [-0.4, -0.2) is 38.5 Å². The summed E-state index contributed by atoms with van der Waals surface area (Å²) in [5.74, 6) is 0.884. The Labute approximate surface area is 188 Å². The van der Waals surface area contributed by atoms with Crippen molar-refractivity contribution in [2.75, 3.05) is 23.3 Å². The summed E-state index contributed by atoms with van der Waals surface area (Å²) in [5, 5.41) is 12.8. The van der Waals surface area contributed by atoms with Gasteiger partial charge in [-0.3, -0.25) is 4.79 Å². The second kappa shape index (κ2) is 9.14. The number of benzene rings is 2. The van der Waals surface area contributed by atoms with Crippen LogP contribution in [0.1, 0.15) is 33.6 Å².